The first kappa shape index (κ1) is 16.4. The Bertz CT molecular complexity index is 873. The monoisotopic (exact) mass is 331 g/mol. The Morgan fingerprint density at radius 2 is 1.40 bits per heavy atom. The molecule has 0 saturated heterocycles. The predicted octanol–water partition coefficient (Wildman–Crippen LogP) is 4.28. The molecule has 0 atom stereocenters. The summed E-state index contributed by atoms with van der Waals surface area (Å²) in [4.78, 5) is 27.3. The van der Waals surface area contributed by atoms with Gasteiger partial charge in [0.05, 0.1) is 5.56 Å². The molecule has 0 unspecified atom stereocenters. The Kier molecular flexibility index (Phi) is 4.85. The Hall–Kier alpha value is -3.47. The summed E-state index contributed by atoms with van der Waals surface area (Å²) in [5, 5.41) is 6.07. The quantitative estimate of drug-likeness (QED) is 0.685. The van der Waals surface area contributed by atoms with Crippen LogP contribution < -0.4 is 10.6 Å². The van der Waals surface area contributed by atoms with Crippen LogP contribution >= 0.6 is 0 Å². The van der Waals surface area contributed by atoms with Crippen molar-refractivity contribution in [3.63, 3.8) is 0 Å². The summed E-state index contributed by atoms with van der Waals surface area (Å²) in [5.41, 5.74) is 3.66. The van der Waals surface area contributed by atoms with Gasteiger partial charge in [-0.1, -0.05) is 0 Å². The smallest absolute Gasteiger partial charge is 0.257 e. The molecule has 5 nitrogen and oxygen atoms in total. The molecular formula is C20H17N3O2. The zero-order valence-corrected chi connectivity index (χ0v) is 13.7. The average Bonchev–Trinajstić information content (AvgIpc) is 2.64. The molecule has 1 aromatic heterocycles. The molecule has 0 bridgehead atoms. The van der Waals surface area contributed by atoms with Crippen LogP contribution in [0.5, 0.6) is 0 Å². The minimum atomic E-state index is -0.200. The Balaban J connectivity index is 1.64. The lowest BCUT2D eigenvalue weighted by atomic mass is 10.1. The number of hydrogen-bond donors (Lipinski definition) is 2. The summed E-state index contributed by atoms with van der Waals surface area (Å²) in [6.45, 7) is 1.54. The number of anilines is 3. The van der Waals surface area contributed by atoms with E-state index < -0.39 is 0 Å². The number of aromatic nitrogens is 1. The van der Waals surface area contributed by atoms with Crippen LogP contribution in [-0.2, 0) is 0 Å². The number of pyridine rings is 1. The number of nitrogens with zero attached hydrogens (tertiary/aromatic N) is 1. The number of ketones is 1. The van der Waals surface area contributed by atoms with Gasteiger partial charge in [-0.3, -0.25) is 14.6 Å². The lowest BCUT2D eigenvalue weighted by Gasteiger charge is -2.09. The molecule has 0 radical (unpaired) electrons. The van der Waals surface area contributed by atoms with Crippen molar-refractivity contribution in [1.29, 1.82) is 0 Å². The molecule has 3 rings (SSSR count). The molecule has 0 fully saturated rings. The number of carbonyl (C=O) groups excluding carboxylic acids is 2. The third-order valence-electron chi connectivity index (χ3n) is 3.65. The molecule has 0 aliphatic carbocycles. The van der Waals surface area contributed by atoms with Crippen LogP contribution in [0, 0.1) is 0 Å². The van der Waals surface area contributed by atoms with E-state index in [1.54, 1.807) is 37.4 Å². The van der Waals surface area contributed by atoms with E-state index in [1.165, 1.54) is 6.20 Å². The number of nitrogens with one attached hydrogen (secondary N) is 2. The van der Waals surface area contributed by atoms with Gasteiger partial charge in [0.1, 0.15) is 0 Å². The van der Waals surface area contributed by atoms with Gasteiger partial charge in [0.2, 0.25) is 0 Å². The molecule has 3 aromatic rings. The summed E-state index contributed by atoms with van der Waals surface area (Å²) >= 11 is 0. The first-order valence-electron chi connectivity index (χ1n) is 7.81. The first-order chi connectivity index (χ1) is 12.1. The number of rotatable bonds is 5. The number of benzene rings is 2. The number of carbonyl (C=O) groups is 2. The van der Waals surface area contributed by atoms with Crippen molar-refractivity contribution in [3.05, 3.63) is 84.2 Å². The number of amides is 1. The summed E-state index contributed by atoms with van der Waals surface area (Å²) in [6, 6.07) is 18.1. The molecule has 0 aliphatic rings. The Labute approximate surface area is 145 Å². The van der Waals surface area contributed by atoms with E-state index in [9.17, 15) is 9.59 Å². The van der Waals surface area contributed by atoms with Crippen molar-refractivity contribution in [2.75, 3.05) is 10.6 Å². The van der Waals surface area contributed by atoms with Crippen LogP contribution in [0.15, 0.2) is 73.1 Å². The third kappa shape index (κ3) is 4.29. The second-order valence-corrected chi connectivity index (χ2v) is 5.53. The van der Waals surface area contributed by atoms with Gasteiger partial charge in [-0.05, 0) is 67.6 Å². The first-order valence-corrected chi connectivity index (χ1v) is 7.81. The van der Waals surface area contributed by atoms with E-state index in [2.05, 4.69) is 15.6 Å². The summed E-state index contributed by atoms with van der Waals surface area (Å²) in [6.07, 6.45) is 3.15. The van der Waals surface area contributed by atoms with Gasteiger partial charge in [0, 0.05) is 35.0 Å². The van der Waals surface area contributed by atoms with Crippen molar-refractivity contribution in [3.8, 4) is 0 Å². The van der Waals surface area contributed by atoms with Crippen LogP contribution in [0.4, 0.5) is 17.1 Å². The maximum Gasteiger partial charge on any atom is 0.257 e. The molecule has 1 amide bonds. The number of Topliss-reactive ketones (excluding diaryl/α,β-unsaturated/α-hetero) is 1. The molecule has 0 spiro atoms. The van der Waals surface area contributed by atoms with Crippen LogP contribution in [-0.4, -0.2) is 16.7 Å². The van der Waals surface area contributed by atoms with Gasteiger partial charge in [-0.15, -0.1) is 0 Å². The molecule has 2 aromatic carbocycles. The van der Waals surface area contributed by atoms with Crippen molar-refractivity contribution in [2.45, 2.75) is 6.92 Å². The summed E-state index contributed by atoms with van der Waals surface area (Å²) in [7, 11) is 0. The lowest BCUT2D eigenvalue weighted by molar-refractivity contribution is 0.101. The van der Waals surface area contributed by atoms with E-state index in [0.29, 0.717) is 16.8 Å². The topological polar surface area (TPSA) is 71.1 Å². The molecule has 5 heteroatoms. The molecule has 0 saturated carbocycles. The fourth-order valence-corrected chi connectivity index (χ4v) is 2.29. The minimum absolute atomic E-state index is 0.0419. The van der Waals surface area contributed by atoms with Crippen LogP contribution in [0.3, 0.4) is 0 Å². The Morgan fingerprint density at radius 3 is 1.96 bits per heavy atom. The van der Waals surface area contributed by atoms with Gasteiger partial charge >= 0.3 is 0 Å². The van der Waals surface area contributed by atoms with Crippen LogP contribution in [0.1, 0.15) is 27.6 Å². The zero-order chi connectivity index (χ0) is 17.6. The fourth-order valence-electron chi connectivity index (χ4n) is 2.29. The highest BCUT2D eigenvalue weighted by molar-refractivity contribution is 6.04. The van der Waals surface area contributed by atoms with Crippen LogP contribution in [0.25, 0.3) is 0 Å². The van der Waals surface area contributed by atoms with Gasteiger partial charge in [-0.25, -0.2) is 0 Å². The maximum absolute atomic E-state index is 12.1. The molecule has 25 heavy (non-hydrogen) atoms. The van der Waals surface area contributed by atoms with E-state index in [-0.39, 0.29) is 11.7 Å². The SMILES string of the molecule is CC(=O)c1ccc(Nc2ccc(NC(=O)c3cccnc3)cc2)cc1. The predicted molar refractivity (Wildman–Crippen MR) is 98.4 cm³/mol. The van der Waals surface area contributed by atoms with E-state index >= 15 is 0 Å². The van der Waals surface area contributed by atoms with Crippen molar-refractivity contribution >= 4 is 28.8 Å². The maximum atomic E-state index is 12.1. The zero-order valence-electron chi connectivity index (χ0n) is 13.7. The van der Waals surface area contributed by atoms with Gasteiger partial charge < -0.3 is 10.6 Å². The molecule has 0 aliphatic heterocycles. The normalized spacial score (nSPS) is 10.1. The molecule has 124 valence electrons. The number of hydrogen-bond acceptors (Lipinski definition) is 4. The summed E-state index contributed by atoms with van der Waals surface area (Å²) < 4.78 is 0. The highest BCUT2D eigenvalue weighted by atomic mass is 16.1. The minimum Gasteiger partial charge on any atom is -0.356 e. The molecule has 1 heterocycles. The highest BCUT2D eigenvalue weighted by Crippen LogP contribution is 2.20. The molecule has 2 N–H and O–H groups in total. The lowest BCUT2D eigenvalue weighted by Crippen LogP contribution is -2.11. The Morgan fingerprint density at radius 1 is 0.800 bits per heavy atom. The third-order valence-corrected chi connectivity index (χ3v) is 3.65. The highest BCUT2D eigenvalue weighted by Gasteiger charge is 2.05. The van der Waals surface area contributed by atoms with Gasteiger partial charge in [-0.2, -0.15) is 0 Å². The second kappa shape index (κ2) is 7.40. The van der Waals surface area contributed by atoms with Crippen LogP contribution in [0.2, 0.25) is 0 Å². The van der Waals surface area contributed by atoms with E-state index in [1.807, 2.05) is 36.4 Å². The van der Waals surface area contributed by atoms with Crippen molar-refractivity contribution < 1.29 is 9.59 Å². The molecular weight excluding hydrogens is 314 g/mol. The van der Waals surface area contributed by atoms with Gasteiger partial charge in [0.15, 0.2) is 5.78 Å². The van der Waals surface area contributed by atoms with E-state index in [0.717, 1.165) is 11.4 Å². The van der Waals surface area contributed by atoms with Gasteiger partial charge in [0.25, 0.3) is 5.91 Å². The summed E-state index contributed by atoms with van der Waals surface area (Å²) in [5.74, 6) is -0.158. The standard InChI is InChI=1S/C20H17N3O2/c1-14(24)15-4-6-17(7-5-15)22-18-8-10-19(11-9-18)23-20(25)16-3-2-12-21-13-16/h2-13,22H,1H3,(H,23,25). The fraction of sp³-hybridized carbons (Fsp3) is 0.0500. The van der Waals surface area contributed by atoms with E-state index in [4.69, 9.17) is 0 Å². The largest absolute Gasteiger partial charge is 0.356 e. The average molecular weight is 331 g/mol. The second-order valence-electron chi connectivity index (χ2n) is 5.53. The van der Waals surface area contributed by atoms with Crippen molar-refractivity contribution in [1.82, 2.24) is 4.98 Å². The van der Waals surface area contributed by atoms with Crippen molar-refractivity contribution in [2.24, 2.45) is 0 Å².